The molecule has 0 fully saturated rings. The molecule has 0 bridgehead atoms. The lowest BCUT2D eigenvalue weighted by molar-refractivity contribution is -0.126. The molecule has 7 heteroatoms. The topological polar surface area (TPSA) is 88.8 Å². The lowest BCUT2D eigenvalue weighted by atomic mass is 10.1. The Morgan fingerprint density at radius 2 is 1.81 bits per heavy atom. The second-order valence-electron chi connectivity index (χ2n) is 7.45. The highest BCUT2D eigenvalue weighted by atomic mass is 16.5. The third-order valence-electron chi connectivity index (χ3n) is 5.20. The van der Waals surface area contributed by atoms with Crippen molar-refractivity contribution in [2.75, 3.05) is 10.2 Å². The molecule has 2 amide bonds. The Bertz CT molecular complexity index is 1110. The third kappa shape index (κ3) is 4.21. The van der Waals surface area contributed by atoms with Gasteiger partial charge in [0.25, 0.3) is 11.8 Å². The van der Waals surface area contributed by atoms with Crippen LogP contribution in [-0.2, 0) is 16.0 Å². The SMILES string of the molecule is C[C@@H](OC(=O)c1ccc(NC(=O)c2ccco2)cc1)C(=O)N1c2ccccc2C[C@@H]1C. The van der Waals surface area contributed by atoms with Gasteiger partial charge >= 0.3 is 5.97 Å². The van der Waals surface area contributed by atoms with Crippen molar-refractivity contribution >= 4 is 29.2 Å². The highest BCUT2D eigenvalue weighted by molar-refractivity contribution is 6.03. The second kappa shape index (κ2) is 8.47. The number of carbonyl (C=O) groups is 3. The molecule has 0 saturated carbocycles. The summed E-state index contributed by atoms with van der Waals surface area (Å²) in [5, 5.41) is 2.68. The van der Waals surface area contributed by atoms with Gasteiger partial charge in [0.1, 0.15) is 0 Å². The van der Waals surface area contributed by atoms with Gasteiger partial charge < -0.3 is 19.4 Å². The minimum absolute atomic E-state index is 0.00288. The summed E-state index contributed by atoms with van der Waals surface area (Å²) in [6, 6.07) is 17.2. The minimum atomic E-state index is -0.931. The molecule has 0 aliphatic carbocycles. The zero-order chi connectivity index (χ0) is 22.0. The van der Waals surface area contributed by atoms with Crippen LogP contribution in [0.3, 0.4) is 0 Å². The van der Waals surface area contributed by atoms with Crippen molar-refractivity contribution in [3.05, 3.63) is 83.8 Å². The van der Waals surface area contributed by atoms with E-state index in [4.69, 9.17) is 9.15 Å². The van der Waals surface area contributed by atoms with Crippen molar-refractivity contribution in [3.8, 4) is 0 Å². The van der Waals surface area contributed by atoms with Crippen molar-refractivity contribution in [1.82, 2.24) is 0 Å². The molecular formula is C24H22N2O5. The molecule has 1 N–H and O–H groups in total. The molecule has 3 aromatic rings. The Hall–Kier alpha value is -3.87. The predicted octanol–water partition coefficient (Wildman–Crippen LogP) is 4.06. The fourth-order valence-electron chi connectivity index (χ4n) is 3.67. The van der Waals surface area contributed by atoms with Crippen molar-refractivity contribution in [1.29, 1.82) is 0 Å². The van der Waals surface area contributed by atoms with Crippen LogP contribution in [0.4, 0.5) is 11.4 Å². The Labute approximate surface area is 179 Å². The molecule has 7 nitrogen and oxygen atoms in total. The van der Waals surface area contributed by atoms with E-state index >= 15 is 0 Å². The van der Waals surface area contributed by atoms with Gasteiger partial charge in [0.2, 0.25) is 0 Å². The number of fused-ring (bicyclic) bond motifs is 1. The van der Waals surface area contributed by atoms with Gasteiger partial charge in [-0.05, 0) is 68.3 Å². The lowest BCUT2D eigenvalue weighted by Gasteiger charge is -2.26. The van der Waals surface area contributed by atoms with E-state index in [9.17, 15) is 14.4 Å². The quantitative estimate of drug-likeness (QED) is 0.632. The number of anilines is 2. The normalized spacial score (nSPS) is 15.8. The van der Waals surface area contributed by atoms with Gasteiger partial charge in [-0.1, -0.05) is 18.2 Å². The smallest absolute Gasteiger partial charge is 0.338 e. The Balaban J connectivity index is 1.39. The summed E-state index contributed by atoms with van der Waals surface area (Å²) in [7, 11) is 0. The summed E-state index contributed by atoms with van der Waals surface area (Å²) in [5.74, 6) is -1.06. The molecule has 31 heavy (non-hydrogen) atoms. The summed E-state index contributed by atoms with van der Waals surface area (Å²) in [6.45, 7) is 3.55. The maximum Gasteiger partial charge on any atom is 0.338 e. The largest absolute Gasteiger partial charge is 0.459 e. The number of carbonyl (C=O) groups excluding carboxylic acids is 3. The number of hydrogen-bond acceptors (Lipinski definition) is 5. The fraction of sp³-hybridized carbons (Fsp3) is 0.208. The second-order valence-corrected chi connectivity index (χ2v) is 7.45. The van der Waals surface area contributed by atoms with E-state index in [2.05, 4.69) is 5.32 Å². The number of nitrogens with zero attached hydrogens (tertiary/aromatic N) is 1. The zero-order valence-electron chi connectivity index (χ0n) is 17.2. The zero-order valence-corrected chi connectivity index (χ0v) is 17.2. The maximum absolute atomic E-state index is 13.0. The van der Waals surface area contributed by atoms with Crippen LogP contribution >= 0.6 is 0 Å². The standard InChI is InChI=1S/C24H22N2O5/c1-15-14-18-6-3-4-7-20(18)26(15)23(28)16(2)31-24(29)17-9-11-19(12-10-17)25-22(27)21-8-5-13-30-21/h3-13,15-16H,14H2,1-2H3,(H,25,27)/t15-,16+/m0/s1. The van der Waals surface area contributed by atoms with Gasteiger partial charge in [-0.3, -0.25) is 9.59 Å². The summed E-state index contributed by atoms with van der Waals surface area (Å²) in [6.07, 6.45) is 1.26. The third-order valence-corrected chi connectivity index (χ3v) is 5.20. The maximum atomic E-state index is 13.0. The molecule has 1 aromatic heterocycles. The van der Waals surface area contributed by atoms with Crippen LogP contribution < -0.4 is 10.2 Å². The van der Waals surface area contributed by atoms with Crippen molar-refractivity contribution in [2.24, 2.45) is 0 Å². The number of rotatable bonds is 5. The van der Waals surface area contributed by atoms with Gasteiger partial charge in [-0.2, -0.15) is 0 Å². The molecule has 0 spiro atoms. The molecule has 0 radical (unpaired) electrons. The monoisotopic (exact) mass is 418 g/mol. The molecule has 2 heterocycles. The first-order chi connectivity index (χ1) is 14.9. The van der Waals surface area contributed by atoms with Crippen LogP contribution in [0.1, 0.15) is 40.3 Å². The van der Waals surface area contributed by atoms with E-state index in [1.165, 1.54) is 18.4 Å². The number of nitrogens with one attached hydrogen (secondary N) is 1. The molecular weight excluding hydrogens is 396 g/mol. The van der Waals surface area contributed by atoms with E-state index in [1.54, 1.807) is 36.1 Å². The molecule has 0 unspecified atom stereocenters. The molecule has 1 aliphatic rings. The van der Waals surface area contributed by atoms with Gasteiger partial charge in [0.15, 0.2) is 11.9 Å². The Morgan fingerprint density at radius 3 is 2.52 bits per heavy atom. The van der Waals surface area contributed by atoms with Gasteiger partial charge in [-0.25, -0.2) is 4.79 Å². The summed E-state index contributed by atoms with van der Waals surface area (Å²) < 4.78 is 10.5. The fourth-order valence-corrected chi connectivity index (χ4v) is 3.67. The van der Waals surface area contributed by atoms with Crippen LogP contribution in [0.2, 0.25) is 0 Å². The first-order valence-corrected chi connectivity index (χ1v) is 10.0. The number of amides is 2. The van der Waals surface area contributed by atoms with E-state index in [0.29, 0.717) is 5.69 Å². The first kappa shape index (κ1) is 20.4. The number of benzene rings is 2. The van der Waals surface area contributed by atoms with E-state index in [-0.39, 0.29) is 29.2 Å². The van der Waals surface area contributed by atoms with E-state index < -0.39 is 12.1 Å². The molecule has 2 aromatic carbocycles. The highest BCUT2D eigenvalue weighted by Gasteiger charge is 2.34. The predicted molar refractivity (Wildman–Crippen MR) is 115 cm³/mol. The summed E-state index contributed by atoms with van der Waals surface area (Å²) >= 11 is 0. The molecule has 158 valence electrons. The van der Waals surface area contributed by atoms with Gasteiger partial charge in [0.05, 0.1) is 11.8 Å². The van der Waals surface area contributed by atoms with Crippen LogP contribution in [0.15, 0.2) is 71.3 Å². The average molecular weight is 418 g/mol. The summed E-state index contributed by atoms with van der Waals surface area (Å²) in [4.78, 5) is 39.2. The molecule has 1 aliphatic heterocycles. The van der Waals surface area contributed by atoms with Crippen LogP contribution in [0, 0.1) is 0 Å². The first-order valence-electron chi connectivity index (χ1n) is 10.0. The van der Waals surface area contributed by atoms with Crippen LogP contribution in [0.25, 0.3) is 0 Å². The van der Waals surface area contributed by atoms with Crippen LogP contribution in [0.5, 0.6) is 0 Å². The molecule has 2 atom stereocenters. The van der Waals surface area contributed by atoms with Gasteiger partial charge in [-0.15, -0.1) is 0 Å². The highest BCUT2D eigenvalue weighted by Crippen LogP contribution is 2.32. The number of hydrogen-bond donors (Lipinski definition) is 1. The summed E-state index contributed by atoms with van der Waals surface area (Å²) in [5.41, 5.74) is 2.75. The van der Waals surface area contributed by atoms with E-state index in [1.807, 2.05) is 31.2 Å². The molecule has 0 saturated heterocycles. The minimum Gasteiger partial charge on any atom is -0.459 e. The molecule has 4 rings (SSSR count). The number of para-hydroxylation sites is 1. The Kier molecular flexibility index (Phi) is 5.58. The number of ether oxygens (including phenoxy) is 1. The van der Waals surface area contributed by atoms with Gasteiger partial charge in [0, 0.05) is 17.4 Å². The average Bonchev–Trinajstić information content (AvgIpc) is 3.41. The van der Waals surface area contributed by atoms with Crippen molar-refractivity contribution in [2.45, 2.75) is 32.4 Å². The Morgan fingerprint density at radius 1 is 1.06 bits per heavy atom. The van der Waals surface area contributed by atoms with Crippen molar-refractivity contribution < 1.29 is 23.5 Å². The number of esters is 1. The van der Waals surface area contributed by atoms with Crippen molar-refractivity contribution in [3.63, 3.8) is 0 Å². The number of furan rings is 1. The van der Waals surface area contributed by atoms with Crippen LogP contribution in [-0.4, -0.2) is 29.9 Å². The van der Waals surface area contributed by atoms with E-state index in [0.717, 1.165) is 17.7 Å². The lowest BCUT2D eigenvalue weighted by Crippen LogP contribution is -2.43.